The Morgan fingerprint density at radius 3 is 2.83 bits per heavy atom. The van der Waals surface area contributed by atoms with Crippen LogP contribution in [0.5, 0.6) is 0 Å². The number of halogens is 2. The molecule has 0 bridgehead atoms. The summed E-state index contributed by atoms with van der Waals surface area (Å²) in [5, 5.41) is 3.09. The van der Waals surface area contributed by atoms with Crippen molar-refractivity contribution in [2.75, 3.05) is 5.32 Å². The highest BCUT2D eigenvalue weighted by Crippen LogP contribution is 2.20. The fourth-order valence-electron chi connectivity index (χ4n) is 1.44. The van der Waals surface area contributed by atoms with Crippen LogP contribution in [-0.2, 0) is 0 Å². The van der Waals surface area contributed by atoms with Crippen molar-refractivity contribution in [1.82, 2.24) is 4.98 Å². The molecule has 0 atom stereocenters. The van der Waals surface area contributed by atoms with Gasteiger partial charge in [-0.3, -0.25) is 4.79 Å². The average Bonchev–Trinajstić information content (AvgIpc) is 2.35. The largest absolute Gasteiger partial charge is 0.305 e. The van der Waals surface area contributed by atoms with E-state index in [0.717, 1.165) is 10.0 Å². The van der Waals surface area contributed by atoms with Crippen LogP contribution in [0.15, 0.2) is 41.0 Å². The smallest absolute Gasteiger partial charge is 0.256 e. The normalized spacial score (nSPS) is 10.2. The first-order valence-corrected chi connectivity index (χ1v) is 6.43. The van der Waals surface area contributed by atoms with E-state index in [0.29, 0.717) is 16.4 Å². The fraction of sp³-hybridized carbons (Fsp3) is 0.0769. The van der Waals surface area contributed by atoms with Crippen LogP contribution in [0.25, 0.3) is 0 Å². The van der Waals surface area contributed by atoms with Gasteiger partial charge in [0.15, 0.2) is 5.82 Å². The Bertz CT molecular complexity index is 601. The number of benzene rings is 1. The second-order valence-electron chi connectivity index (χ2n) is 3.75. The number of hydrogen-bond acceptors (Lipinski definition) is 2. The van der Waals surface area contributed by atoms with Crippen molar-refractivity contribution >= 4 is 39.3 Å². The predicted molar refractivity (Wildman–Crippen MR) is 76.1 cm³/mol. The lowest BCUT2D eigenvalue weighted by molar-refractivity contribution is 0.102. The molecule has 18 heavy (non-hydrogen) atoms. The van der Waals surface area contributed by atoms with Gasteiger partial charge in [-0.05, 0) is 42.8 Å². The maximum absolute atomic E-state index is 12.0. The van der Waals surface area contributed by atoms with Crippen LogP contribution in [0.1, 0.15) is 15.9 Å². The summed E-state index contributed by atoms with van der Waals surface area (Å²) in [5.74, 6) is 0.135. The summed E-state index contributed by atoms with van der Waals surface area (Å²) in [7, 11) is 0. The first-order chi connectivity index (χ1) is 8.58. The number of anilines is 1. The first kappa shape index (κ1) is 13.1. The number of carbonyl (C=O) groups is 1. The summed E-state index contributed by atoms with van der Waals surface area (Å²) in [4.78, 5) is 16.0. The van der Waals surface area contributed by atoms with Crippen LogP contribution in [0.3, 0.4) is 0 Å². The third-order valence-electron chi connectivity index (χ3n) is 2.41. The van der Waals surface area contributed by atoms with E-state index in [1.807, 2.05) is 13.0 Å². The molecular formula is C13H10BrClN2O. The molecule has 1 aromatic heterocycles. The number of amides is 1. The standard InChI is InChI=1S/C13H10BrClN2O/c1-8-7-9(4-5-10(8)14)13(18)17-12-11(15)3-2-6-16-12/h2-7H,1H3,(H,16,17,18). The lowest BCUT2D eigenvalue weighted by Gasteiger charge is -2.07. The third kappa shape index (κ3) is 2.89. The number of hydrogen-bond donors (Lipinski definition) is 1. The van der Waals surface area contributed by atoms with E-state index in [2.05, 4.69) is 26.2 Å². The van der Waals surface area contributed by atoms with Crippen molar-refractivity contribution in [2.24, 2.45) is 0 Å². The van der Waals surface area contributed by atoms with E-state index >= 15 is 0 Å². The van der Waals surface area contributed by atoms with Crippen molar-refractivity contribution < 1.29 is 4.79 Å². The van der Waals surface area contributed by atoms with Gasteiger partial charge in [0, 0.05) is 16.2 Å². The highest BCUT2D eigenvalue weighted by atomic mass is 79.9. The van der Waals surface area contributed by atoms with Gasteiger partial charge < -0.3 is 5.32 Å². The van der Waals surface area contributed by atoms with E-state index in [1.165, 1.54) is 0 Å². The number of nitrogens with zero attached hydrogens (tertiary/aromatic N) is 1. The molecule has 0 saturated heterocycles. The van der Waals surface area contributed by atoms with Crippen LogP contribution in [0.2, 0.25) is 5.02 Å². The zero-order chi connectivity index (χ0) is 13.1. The molecule has 0 fully saturated rings. The van der Waals surface area contributed by atoms with Gasteiger partial charge in [0.1, 0.15) is 0 Å². The SMILES string of the molecule is Cc1cc(C(=O)Nc2ncccc2Cl)ccc1Br. The van der Waals surface area contributed by atoms with Crippen molar-refractivity contribution in [3.63, 3.8) is 0 Å². The highest BCUT2D eigenvalue weighted by molar-refractivity contribution is 9.10. The van der Waals surface area contributed by atoms with Crippen LogP contribution >= 0.6 is 27.5 Å². The van der Waals surface area contributed by atoms with E-state index < -0.39 is 0 Å². The highest BCUT2D eigenvalue weighted by Gasteiger charge is 2.09. The van der Waals surface area contributed by atoms with Crippen LogP contribution < -0.4 is 5.32 Å². The number of aryl methyl sites for hydroxylation is 1. The molecule has 1 N–H and O–H groups in total. The van der Waals surface area contributed by atoms with Crippen molar-refractivity contribution in [3.05, 3.63) is 57.2 Å². The fourth-order valence-corrected chi connectivity index (χ4v) is 1.86. The second kappa shape index (κ2) is 5.50. The Hall–Kier alpha value is -1.39. The minimum Gasteiger partial charge on any atom is -0.305 e. The molecule has 3 nitrogen and oxygen atoms in total. The van der Waals surface area contributed by atoms with Crippen LogP contribution in [-0.4, -0.2) is 10.9 Å². The van der Waals surface area contributed by atoms with Crippen molar-refractivity contribution in [1.29, 1.82) is 0 Å². The maximum atomic E-state index is 12.0. The van der Waals surface area contributed by atoms with Crippen LogP contribution in [0.4, 0.5) is 5.82 Å². The molecule has 0 spiro atoms. The number of aromatic nitrogens is 1. The molecule has 0 aliphatic heterocycles. The molecule has 0 aliphatic carbocycles. The van der Waals surface area contributed by atoms with Crippen LogP contribution in [0, 0.1) is 6.92 Å². The molecule has 0 unspecified atom stereocenters. The van der Waals surface area contributed by atoms with E-state index in [9.17, 15) is 4.79 Å². The zero-order valence-corrected chi connectivity index (χ0v) is 11.9. The molecular weight excluding hydrogens is 316 g/mol. The monoisotopic (exact) mass is 324 g/mol. The van der Waals surface area contributed by atoms with Gasteiger partial charge in [-0.1, -0.05) is 27.5 Å². The number of rotatable bonds is 2. The summed E-state index contributed by atoms with van der Waals surface area (Å²) >= 11 is 9.32. The lowest BCUT2D eigenvalue weighted by atomic mass is 10.1. The van der Waals surface area contributed by atoms with Gasteiger partial charge in [0.25, 0.3) is 5.91 Å². The molecule has 1 amide bonds. The second-order valence-corrected chi connectivity index (χ2v) is 5.01. The predicted octanol–water partition coefficient (Wildman–Crippen LogP) is 4.06. The Morgan fingerprint density at radius 2 is 2.17 bits per heavy atom. The molecule has 92 valence electrons. The number of carbonyl (C=O) groups excluding carboxylic acids is 1. The Morgan fingerprint density at radius 1 is 1.39 bits per heavy atom. The Balaban J connectivity index is 2.22. The molecule has 0 radical (unpaired) electrons. The Kier molecular flexibility index (Phi) is 3.99. The molecule has 1 heterocycles. The summed E-state index contributed by atoms with van der Waals surface area (Å²) in [6.07, 6.45) is 1.58. The molecule has 1 aromatic carbocycles. The van der Waals surface area contributed by atoms with Gasteiger partial charge in [0.2, 0.25) is 0 Å². The third-order valence-corrected chi connectivity index (χ3v) is 3.61. The molecule has 0 aliphatic rings. The van der Waals surface area contributed by atoms with E-state index in [-0.39, 0.29) is 5.91 Å². The van der Waals surface area contributed by atoms with E-state index in [1.54, 1.807) is 30.5 Å². The average molecular weight is 326 g/mol. The quantitative estimate of drug-likeness (QED) is 0.905. The summed E-state index contributed by atoms with van der Waals surface area (Å²) < 4.78 is 0.968. The minimum atomic E-state index is -0.230. The lowest BCUT2D eigenvalue weighted by Crippen LogP contribution is -2.13. The molecule has 2 aromatic rings. The number of nitrogens with one attached hydrogen (secondary N) is 1. The molecule has 2 rings (SSSR count). The summed E-state index contributed by atoms with van der Waals surface area (Å²) in [5.41, 5.74) is 1.56. The van der Waals surface area contributed by atoms with Gasteiger partial charge in [0.05, 0.1) is 5.02 Å². The van der Waals surface area contributed by atoms with Gasteiger partial charge in [-0.25, -0.2) is 4.98 Å². The molecule has 5 heteroatoms. The van der Waals surface area contributed by atoms with Crippen molar-refractivity contribution in [3.8, 4) is 0 Å². The van der Waals surface area contributed by atoms with E-state index in [4.69, 9.17) is 11.6 Å². The maximum Gasteiger partial charge on any atom is 0.256 e. The van der Waals surface area contributed by atoms with Gasteiger partial charge >= 0.3 is 0 Å². The van der Waals surface area contributed by atoms with Gasteiger partial charge in [-0.2, -0.15) is 0 Å². The Labute approximate surface area is 118 Å². The zero-order valence-electron chi connectivity index (χ0n) is 9.58. The number of pyridine rings is 1. The summed E-state index contributed by atoms with van der Waals surface area (Å²) in [6, 6.07) is 8.77. The summed E-state index contributed by atoms with van der Waals surface area (Å²) in [6.45, 7) is 1.93. The van der Waals surface area contributed by atoms with Crippen molar-refractivity contribution in [2.45, 2.75) is 6.92 Å². The first-order valence-electron chi connectivity index (χ1n) is 5.26. The van der Waals surface area contributed by atoms with Gasteiger partial charge in [-0.15, -0.1) is 0 Å². The topological polar surface area (TPSA) is 42.0 Å². The molecule has 0 saturated carbocycles. The minimum absolute atomic E-state index is 0.230.